The van der Waals surface area contributed by atoms with Gasteiger partial charge in [-0.1, -0.05) is 48.5 Å². The first-order valence-electron chi connectivity index (χ1n) is 8.16. The minimum Gasteiger partial charge on any atom is -0.399 e. The fourth-order valence-corrected chi connectivity index (χ4v) is 3.23. The molecule has 3 heteroatoms. The second-order valence-corrected chi connectivity index (χ2v) is 6.18. The number of fused-ring (bicyclic) bond motifs is 1. The summed E-state index contributed by atoms with van der Waals surface area (Å²) < 4.78 is 0. The van der Waals surface area contributed by atoms with Crippen LogP contribution in [-0.4, -0.2) is 0 Å². The SMILES string of the molecule is Nc1ccc(-c2cc3ccccc3c(-c3ccc(N)cc3)c2N)cc1. The molecule has 0 saturated heterocycles. The zero-order chi connectivity index (χ0) is 17.4. The van der Waals surface area contributed by atoms with Crippen LogP contribution in [0.2, 0.25) is 0 Å². The molecule has 0 aliphatic carbocycles. The van der Waals surface area contributed by atoms with Crippen LogP contribution in [0.4, 0.5) is 17.1 Å². The van der Waals surface area contributed by atoms with Gasteiger partial charge in [-0.05, 0) is 52.2 Å². The predicted octanol–water partition coefficient (Wildman–Crippen LogP) is 4.92. The number of anilines is 3. The van der Waals surface area contributed by atoms with Gasteiger partial charge < -0.3 is 17.2 Å². The predicted molar refractivity (Wildman–Crippen MR) is 108 cm³/mol. The Labute approximate surface area is 146 Å². The van der Waals surface area contributed by atoms with Crippen molar-refractivity contribution in [2.45, 2.75) is 0 Å². The van der Waals surface area contributed by atoms with Crippen LogP contribution in [0.3, 0.4) is 0 Å². The van der Waals surface area contributed by atoms with E-state index in [9.17, 15) is 0 Å². The van der Waals surface area contributed by atoms with Crippen molar-refractivity contribution in [1.29, 1.82) is 0 Å². The first-order chi connectivity index (χ1) is 12.1. The molecule has 0 aliphatic rings. The summed E-state index contributed by atoms with van der Waals surface area (Å²) in [7, 11) is 0. The highest BCUT2D eigenvalue weighted by atomic mass is 14.6. The molecule has 0 aromatic heterocycles. The van der Waals surface area contributed by atoms with Crippen LogP contribution in [-0.2, 0) is 0 Å². The summed E-state index contributed by atoms with van der Waals surface area (Å²) in [5.41, 5.74) is 24.7. The van der Waals surface area contributed by atoms with Crippen molar-refractivity contribution in [1.82, 2.24) is 0 Å². The van der Waals surface area contributed by atoms with Gasteiger partial charge in [0.05, 0.1) is 0 Å². The second kappa shape index (κ2) is 5.87. The molecule has 3 nitrogen and oxygen atoms in total. The lowest BCUT2D eigenvalue weighted by molar-refractivity contribution is 1.60. The monoisotopic (exact) mass is 325 g/mol. The quantitative estimate of drug-likeness (QED) is 0.458. The van der Waals surface area contributed by atoms with E-state index in [1.54, 1.807) is 0 Å². The molecule has 6 N–H and O–H groups in total. The van der Waals surface area contributed by atoms with Crippen LogP contribution in [0.15, 0.2) is 78.9 Å². The Balaban J connectivity index is 2.04. The summed E-state index contributed by atoms with van der Waals surface area (Å²) in [5, 5.41) is 2.28. The molecule has 25 heavy (non-hydrogen) atoms. The number of hydrogen-bond donors (Lipinski definition) is 3. The van der Waals surface area contributed by atoms with Crippen LogP contribution in [0.25, 0.3) is 33.0 Å². The van der Waals surface area contributed by atoms with Crippen molar-refractivity contribution in [3.05, 3.63) is 78.9 Å². The highest BCUT2D eigenvalue weighted by molar-refractivity contribution is 6.07. The molecule has 0 fully saturated rings. The van der Waals surface area contributed by atoms with Crippen molar-refractivity contribution in [3.8, 4) is 22.3 Å². The molecule has 0 saturated carbocycles. The molecule has 4 aromatic carbocycles. The van der Waals surface area contributed by atoms with Crippen LogP contribution in [0.5, 0.6) is 0 Å². The van der Waals surface area contributed by atoms with Gasteiger partial charge in [0.15, 0.2) is 0 Å². The summed E-state index contributed by atoms with van der Waals surface area (Å²) in [6.45, 7) is 0. The Morgan fingerprint density at radius 2 is 1.12 bits per heavy atom. The molecule has 122 valence electrons. The number of benzene rings is 4. The maximum atomic E-state index is 6.63. The van der Waals surface area contributed by atoms with Gasteiger partial charge >= 0.3 is 0 Å². The fraction of sp³-hybridized carbons (Fsp3) is 0. The maximum absolute atomic E-state index is 6.63. The van der Waals surface area contributed by atoms with Crippen molar-refractivity contribution in [2.75, 3.05) is 17.2 Å². The Kier molecular flexibility index (Phi) is 3.55. The zero-order valence-electron chi connectivity index (χ0n) is 13.7. The first-order valence-corrected chi connectivity index (χ1v) is 8.16. The summed E-state index contributed by atoms with van der Waals surface area (Å²) in [6, 6.07) is 26.0. The smallest absolute Gasteiger partial charge is 0.0479 e. The molecule has 0 spiro atoms. The van der Waals surface area contributed by atoms with Gasteiger partial charge in [0.25, 0.3) is 0 Å². The minimum atomic E-state index is 0.737. The Morgan fingerprint density at radius 1 is 0.560 bits per heavy atom. The summed E-state index contributed by atoms with van der Waals surface area (Å²) in [6.07, 6.45) is 0. The van der Waals surface area contributed by atoms with Gasteiger partial charge in [0, 0.05) is 28.2 Å². The number of nitrogens with two attached hydrogens (primary N) is 3. The number of rotatable bonds is 2. The van der Waals surface area contributed by atoms with E-state index in [0.717, 1.165) is 50.1 Å². The molecule has 0 heterocycles. The highest BCUT2D eigenvalue weighted by Crippen LogP contribution is 2.41. The molecule has 0 amide bonds. The van der Waals surface area contributed by atoms with Gasteiger partial charge in [-0.3, -0.25) is 0 Å². The lowest BCUT2D eigenvalue weighted by Gasteiger charge is -2.16. The third-order valence-corrected chi connectivity index (χ3v) is 4.51. The van der Waals surface area contributed by atoms with Crippen molar-refractivity contribution in [2.24, 2.45) is 0 Å². The number of nitrogen functional groups attached to an aromatic ring is 3. The third kappa shape index (κ3) is 2.66. The normalized spacial score (nSPS) is 10.9. The molecule has 4 rings (SSSR count). The lowest BCUT2D eigenvalue weighted by atomic mass is 9.90. The molecule has 0 aliphatic heterocycles. The topological polar surface area (TPSA) is 78.1 Å². The van der Waals surface area contributed by atoms with E-state index in [1.165, 1.54) is 0 Å². The van der Waals surface area contributed by atoms with Crippen molar-refractivity contribution < 1.29 is 0 Å². The molecule has 4 aromatic rings. The second-order valence-electron chi connectivity index (χ2n) is 6.18. The molecule has 0 radical (unpaired) electrons. The number of hydrogen-bond acceptors (Lipinski definition) is 3. The Bertz CT molecular complexity index is 1050. The molecular weight excluding hydrogens is 306 g/mol. The van der Waals surface area contributed by atoms with E-state index in [0.29, 0.717) is 0 Å². The average molecular weight is 325 g/mol. The van der Waals surface area contributed by atoms with Gasteiger partial charge in [0.2, 0.25) is 0 Å². The summed E-state index contributed by atoms with van der Waals surface area (Å²) >= 11 is 0. The largest absolute Gasteiger partial charge is 0.399 e. The van der Waals surface area contributed by atoms with E-state index in [-0.39, 0.29) is 0 Å². The Hall–Kier alpha value is -3.46. The molecule has 0 atom stereocenters. The van der Waals surface area contributed by atoms with Gasteiger partial charge in [-0.25, -0.2) is 0 Å². The van der Waals surface area contributed by atoms with Gasteiger partial charge in [-0.2, -0.15) is 0 Å². The van der Waals surface area contributed by atoms with E-state index >= 15 is 0 Å². The summed E-state index contributed by atoms with van der Waals surface area (Å²) in [4.78, 5) is 0. The van der Waals surface area contributed by atoms with Crippen molar-refractivity contribution in [3.63, 3.8) is 0 Å². The van der Waals surface area contributed by atoms with E-state index in [2.05, 4.69) is 18.2 Å². The van der Waals surface area contributed by atoms with Gasteiger partial charge in [0.1, 0.15) is 0 Å². The summed E-state index contributed by atoms with van der Waals surface area (Å²) in [5.74, 6) is 0. The maximum Gasteiger partial charge on any atom is 0.0479 e. The van der Waals surface area contributed by atoms with Crippen LogP contribution in [0, 0.1) is 0 Å². The fourth-order valence-electron chi connectivity index (χ4n) is 3.23. The van der Waals surface area contributed by atoms with Crippen LogP contribution < -0.4 is 17.2 Å². The molecule has 0 bridgehead atoms. The lowest BCUT2D eigenvalue weighted by Crippen LogP contribution is -1.97. The minimum absolute atomic E-state index is 0.737. The third-order valence-electron chi connectivity index (χ3n) is 4.51. The van der Waals surface area contributed by atoms with E-state index in [4.69, 9.17) is 17.2 Å². The standard InChI is InChI=1S/C22H19N3/c23-17-9-5-14(6-10-17)20-13-16-3-1-2-4-19(16)21(22(20)25)15-7-11-18(24)12-8-15/h1-13H,23-25H2. The highest BCUT2D eigenvalue weighted by Gasteiger charge is 2.14. The van der Waals surface area contributed by atoms with Crippen LogP contribution >= 0.6 is 0 Å². The van der Waals surface area contributed by atoms with Crippen molar-refractivity contribution >= 4 is 27.8 Å². The molecular formula is C22H19N3. The van der Waals surface area contributed by atoms with E-state index in [1.807, 2.05) is 60.7 Å². The first kappa shape index (κ1) is 15.1. The zero-order valence-corrected chi connectivity index (χ0v) is 13.7. The average Bonchev–Trinajstić information content (AvgIpc) is 2.63. The van der Waals surface area contributed by atoms with E-state index < -0.39 is 0 Å². The van der Waals surface area contributed by atoms with Crippen LogP contribution in [0.1, 0.15) is 0 Å². The Morgan fingerprint density at radius 3 is 1.76 bits per heavy atom. The molecule has 0 unspecified atom stereocenters. The van der Waals surface area contributed by atoms with Gasteiger partial charge in [-0.15, -0.1) is 0 Å².